The fraction of sp³-hybridized carbons (Fsp3) is 0.190. The van der Waals surface area contributed by atoms with E-state index in [1.54, 1.807) is 12.1 Å². The first-order valence-electron chi connectivity index (χ1n) is 10.4. The number of hydrogen-bond acceptors (Lipinski definition) is 10. The summed E-state index contributed by atoms with van der Waals surface area (Å²) in [4.78, 5) is 9.21. The minimum Gasteiger partial charge on any atom is -0.394 e. The molecular weight excluding hydrogens is 568 g/mol. The first-order valence-corrected chi connectivity index (χ1v) is 14.8. The largest absolute Gasteiger partial charge is 0.394 e. The maximum Gasteiger partial charge on any atom is 0.295 e. The molecule has 38 heavy (non-hydrogen) atoms. The van der Waals surface area contributed by atoms with Gasteiger partial charge in [-0.1, -0.05) is 12.1 Å². The van der Waals surface area contributed by atoms with Gasteiger partial charge in [-0.2, -0.15) is 25.3 Å². The number of benzene rings is 3. The third kappa shape index (κ3) is 7.45. The number of carbonyl (C=O) groups is 1. The molecule has 0 bridgehead atoms. The maximum absolute atomic E-state index is 12.1. The van der Waals surface area contributed by atoms with Crippen LogP contribution in [0.1, 0.15) is 5.56 Å². The van der Waals surface area contributed by atoms with Gasteiger partial charge in [0.15, 0.2) is 0 Å². The number of hydrogen-bond donors (Lipinski definition) is 6. The summed E-state index contributed by atoms with van der Waals surface area (Å²) in [5, 5.41) is 13.4. The van der Waals surface area contributed by atoms with Crippen molar-refractivity contribution in [3.8, 4) is 0 Å². The van der Waals surface area contributed by atoms with Gasteiger partial charge in [0.1, 0.15) is 11.5 Å². The Kier molecular flexibility index (Phi) is 8.74. The van der Waals surface area contributed by atoms with E-state index in [1.807, 2.05) is 0 Å². The van der Waals surface area contributed by atoms with Gasteiger partial charge in [0.25, 0.3) is 30.4 Å². The molecule has 0 atom stereocenters. The molecule has 0 heterocycles. The summed E-state index contributed by atoms with van der Waals surface area (Å²) in [6, 6.07) is 9.18. The van der Waals surface area contributed by atoms with Crippen LogP contribution in [0.5, 0.6) is 0 Å². The van der Waals surface area contributed by atoms with Gasteiger partial charge in [-0.05, 0) is 47.3 Å². The van der Waals surface area contributed by atoms with Crippen LogP contribution in [0.4, 0.5) is 11.4 Å². The second-order valence-corrected chi connectivity index (χ2v) is 12.0. The molecule has 3 aromatic rings. The summed E-state index contributed by atoms with van der Waals surface area (Å²) < 4.78 is 105. The van der Waals surface area contributed by atoms with Gasteiger partial charge < -0.3 is 20.5 Å². The highest BCUT2D eigenvalue weighted by atomic mass is 32.2. The summed E-state index contributed by atoms with van der Waals surface area (Å²) in [5.74, 6) is -0.458. The molecule has 0 aliphatic carbocycles. The van der Waals surface area contributed by atoms with Crippen LogP contribution in [0.3, 0.4) is 0 Å². The molecule has 0 radical (unpaired) electrons. The zero-order valence-electron chi connectivity index (χ0n) is 19.2. The lowest BCUT2D eigenvalue weighted by molar-refractivity contribution is -0.120. The van der Waals surface area contributed by atoms with E-state index in [0.717, 1.165) is 18.2 Å². The molecular formula is C21H22N2O12S3. The van der Waals surface area contributed by atoms with Gasteiger partial charge in [0, 0.05) is 23.3 Å². The van der Waals surface area contributed by atoms with E-state index in [1.165, 1.54) is 12.1 Å². The van der Waals surface area contributed by atoms with Crippen LogP contribution in [0, 0.1) is 0 Å². The van der Waals surface area contributed by atoms with Crippen molar-refractivity contribution in [1.82, 2.24) is 0 Å². The zero-order chi connectivity index (χ0) is 28.3. The normalized spacial score (nSPS) is 12.4. The minimum atomic E-state index is -5.08. The highest BCUT2D eigenvalue weighted by Gasteiger charge is 2.24. The monoisotopic (exact) mass is 590 g/mol. The van der Waals surface area contributed by atoms with Crippen molar-refractivity contribution in [3.63, 3.8) is 0 Å². The number of nitrogens with one attached hydrogen (secondary N) is 2. The molecule has 14 nitrogen and oxygen atoms in total. The van der Waals surface area contributed by atoms with Crippen LogP contribution in [-0.4, -0.2) is 69.7 Å². The van der Waals surface area contributed by atoms with E-state index in [0.29, 0.717) is 17.3 Å². The minimum absolute atomic E-state index is 0.00190. The third-order valence-electron chi connectivity index (χ3n) is 5.02. The Balaban J connectivity index is 2.00. The summed E-state index contributed by atoms with van der Waals surface area (Å²) >= 11 is 0. The lowest BCUT2D eigenvalue weighted by Crippen LogP contribution is -2.19. The number of ether oxygens (including phenoxy) is 1. The molecule has 3 rings (SSSR count). The van der Waals surface area contributed by atoms with Gasteiger partial charge in [-0.25, -0.2) is 0 Å². The Morgan fingerprint density at radius 3 is 1.92 bits per heavy atom. The molecule has 0 fully saturated rings. The van der Waals surface area contributed by atoms with Crippen molar-refractivity contribution < 1.29 is 53.5 Å². The number of anilines is 2. The summed E-state index contributed by atoms with van der Waals surface area (Å²) in [5.41, 5.74) is 0.771. The molecule has 17 heteroatoms. The van der Waals surface area contributed by atoms with Crippen molar-refractivity contribution in [2.45, 2.75) is 21.2 Å². The number of carbonyl (C=O) groups excluding carboxylic acids is 1. The second kappa shape index (κ2) is 11.3. The molecule has 0 spiro atoms. The maximum atomic E-state index is 12.1. The molecule has 0 unspecified atom stereocenters. The van der Waals surface area contributed by atoms with E-state index in [4.69, 9.17) is 9.84 Å². The van der Waals surface area contributed by atoms with Gasteiger partial charge in [0.05, 0.1) is 23.0 Å². The first kappa shape index (κ1) is 29.4. The standard InChI is InChI=1S/C21H22N2O12S3/c24-5-6-35-12-20(25)23-15-3-1-13(2-4-15)11-22-18-9-16(36(26,27)28)7-14-8-17(37(29,30)31)10-19(21(14)18)38(32,33)34/h1-4,7-10,22,24H,5-6,11-12H2,(H,23,25)(H,26,27,28)(H,29,30,31)(H,32,33,34). The number of aliphatic hydroxyl groups excluding tert-OH is 1. The van der Waals surface area contributed by atoms with E-state index < -0.39 is 50.9 Å². The number of fused-ring (bicyclic) bond motifs is 1. The van der Waals surface area contributed by atoms with Crippen LogP contribution in [0.2, 0.25) is 0 Å². The van der Waals surface area contributed by atoms with Crippen LogP contribution < -0.4 is 10.6 Å². The number of aliphatic hydroxyl groups is 1. The average molecular weight is 591 g/mol. The van der Waals surface area contributed by atoms with E-state index >= 15 is 0 Å². The van der Waals surface area contributed by atoms with Crippen molar-refractivity contribution in [1.29, 1.82) is 0 Å². The van der Waals surface area contributed by atoms with Crippen LogP contribution >= 0.6 is 0 Å². The van der Waals surface area contributed by atoms with E-state index in [2.05, 4.69) is 10.6 Å². The topological polar surface area (TPSA) is 234 Å². The van der Waals surface area contributed by atoms with Gasteiger partial charge in [-0.15, -0.1) is 0 Å². The molecule has 0 aromatic heterocycles. The first-order chi connectivity index (χ1) is 17.6. The Hall–Kier alpha value is -3.16. The van der Waals surface area contributed by atoms with Gasteiger partial charge in [0.2, 0.25) is 5.91 Å². The van der Waals surface area contributed by atoms with Crippen molar-refractivity contribution in [2.24, 2.45) is 0 Å². The van der Waals surface area contributed by atoms with E-state index in [9.17, 15) is 43.7 Å². The summed E-state index contributed by atoms with van der Waals surface area (Å²) in [6.07, 6.45) is 0. The number of amides is 1. The predicted molar refractivity (Wildman–Crippen MR) is 134 cm³/mol. The van der Waals surface area contributed by atoms with Crippen LogP contribution in [-0.2, 0) is 46.4 Å². The van der Waals surface area contributed by atoms with Crippen LogP contribution in [0.25, 0.3) is 10.8 Å². The highest BCUT2D eigenvalue weighted by molar-refractivity contribution is 7.87. The summed E-state index contributed by atoms with van der Waals surface area (Å²) in [6.45, 7) is -0.550. The smallest absolute Gasteiger partial charge is 0.295 e. The molecule has 0 aliphatic rings. The van der Waals surface area contributed by atoms with E-state index in [-0.39, 0.29) is 42.8 Å². The van der Waals surface area contributed by atoms with Gasteiger partial charge >= 0.3 is 0 Å². The predicted octanol–water partition coefficient (Wildman–Crippen LogP) is 1.14. The van der Waals surface area contributed by atoms with Crippen LogP contribution in [0.15, 0.2) is 63.2 Å². The second-order valence-electron chi connectivity index (χ2n) is 7.79. The number of rotatable bonds is 11. The SMILES string of the molecule is O=C(COCCO)Nc1ccc(CNc2cc(S(=O)(=O)O)cc3cc(S(=O)(=O)O)cc(S(=O)(=O)O)c23)cc1. The Labute approximate surface area is 217 Å². The quantitative estimate of drug-likeness (QED) is 0.136. The zero-order valence-corrected chi connectivity index (χ0v) is 21.7. The Morgan fingerprint density at radius 1 is 0.816 bits per heavy atom. The van der Waals surface area contributed by atoms with Crippen molar-refractivity contribution in [3.05, 3.63) is 54.1 Å². The fourth-order valence-corrected chi connectivity index (χ4v) is 5.31. The third-order valence-corrected chi connectivity index (χ3v) is 7.56. The highest BCUT2D eigenvalue weighted by Crippen LogP contribution is 2.35. The van der Waals surface area contributed by atoms with Crippen molar-refractivity contribution in [2.75, 3.05) is 30.5 Å². The molecule has 206 valence electrons. The lowest BCUT2D eigenvalue weighted by Gasteiger charge is -2.15. The molecule has 0 saturated heterocycles. The van der Waals surface area contributed by atoms with Crippen molar-refractivity contribution >= 4 is 58.4 Å². The molecule has 3 aromatic carbocycles. The molecule has 6 N–H and O–H groups in total. The Morgan fingerprint density at radius 2 is 1.39 bits per heavy atom. The summed E-state index contributed by atoms with van der Waals surface area (Å²) in [7, 11) is -14.9. The average Bonchev–Trinajstić information content (AvgIpc) is 2.81. The molecule has 1 amide bonds. The van der Waals surface area contributed by atoms with Gasteiger partial charge in [-0.3, -0.25) is 18.5 Å². The fourth-order valence-electron chi connectivity index (χ4n) is 3.39. The molecule has 0 saturated carbocycles. The molecule has 0 aliphatic heterocycles. The Bertz CT molecular complexity index is 1680. The lowest BCUT2D eigenvalue weighted by atomic mass is 10.1.